The fourth-order valence-corrected chi connectivity index (χ4v) is 15.0. The summed E-state index contributed by atoms with van der Waals surface area (Å²) in [6.45, 7) is 9.27. The van der Waals surface area contributed by atoms with Gasteiger partial charge in [-0.3, -0.25) is 0 Å². The Bertz CT molecular complexity index is 2660. The molecule has 56 heavy (non-hydrogen) atoms. The number of fused-ring (bicyclic) bond motifs is 4. The molecule has 10 rings (SSSR count). The third kappa shape index (κ3) is 4.83. The van der Waals surface area contributed by atoms with Crippen LogP contribution in [-0.4, -0.2) is 0 Å². The second-order valence-corrected chi connectivity index (χ2v) is 21.9. The molecule has 2 aliphatic rings. The molecule has 0 radical (unpaired) electrons. The molecule has 272 valence electrons. The van der Waals surface area contributed by atoms with E-state index in [4.69, 9.17) is 0 Å². The summed E-state index contributed by atoms with van der Waals surface area (Å²) in [7, 11) is -6.32. The smallest absolute Gasteiger partial charge is 0.171 e. The lowest BCUT2D eigenvalue weighted by molar-refractivity contribution is 0.591. The molecular formula is C52H42O2P2. The highest BCUT2D eigenvalue weighted by molar-refractivity contribution is 7.85. The average molecular weight is 761 g/mol. The minimum absolute atomic E-state index is 0.361. The van der Waals surface area contributed by atoms with E-state index in [-0.39, 0.29) is 10.8 Å². The van der Waals surface area contributed by atoms with E-state index in [1.165, 1.54) is 55.3 Å². The second kappa shape index (κ2) is 12.5. The van der Waals surface area contributed by atoms with Crippen molar-refractivity contribution < 1.29 is 9.13 Å². The van der Waals surface area contributed by atoms with Gasteiger partial charge in [0.15, 0.2) is 14.3 Å². The summed E-state index contributed by atoms with van der Waals surface area (Å²) >= 11 is 0. The zero-order valence-corrected chi connectivity index (χ0v) is 33.8. The fourth-order valence-electron chi connectivity index (χ4n) is 9.68. The van der Waals surface area contributed by atoms with Gasteiger partial charge in [0, 0.05) is 42.7 Å². The van der Waals surface area contributed by atoms with Crippen LogP contribution in [0.3, 0.4) is 0 Å². The maximum absolute atomic E-state index is 15.5. The highest BCUT2D eigenvalue weighted by atomic mass is 31.2. The Morgan fingerprint density at radius 3 is 0.893 bits per heavy atom. The average Bonchev–Trinajstić information content (AvgIpc) is 3.25. The van der Waals surface area contributed by atoms with Crippen molar-refractivity contribution in [2.75, 3.05) is 0 Å². The molecule has 0 heterocycles. The Kier molecular flexibility index (Phi) is 7.79. The molecule has 0 atom stereocenters. The van der Waals surface area contributed by atoms with Gasteiger partial charge in [-0.25, -0.2) is 0 Å². The lowest BCUT2D eigenvalue weighted by Crippen LogP contribution is -2.31. The minimum Gasteiger partial charge on any atom is -0.309 e. The van der Waals surface area contributed by atoms with Gasteiger partial charge < -0.3 is 9.13 Å². The molecule has 0 unspecified atom stereocenters. The lowest BCUT2D eigenvalue weighted by atomic mass is 9.63. The van der Waals surface area contributed by atoms with Crippen LogP contribution in [0.5, 0.6) is 0 Å². The van der Waals surface area contributed by atoms with Crippen LogP contribution >= 0.6 is 14.3 Å². The van der Waals surface area contributed by atoms with Crippen molar-refractivity contribution in [1.82, 2.24) is 0 Å². The number of rotatable bonds is 6. The van der Waals surface area contributed by atoms with Gasteiger partial charge >= 0.3 is 0 Å². The van der Waals surface area contributed by atoms with Crippen molar-refractivity contribution in [1.29, 1.82) is 0 Å². The first-order chi connectivity index (χ1) is 27.1. The second-order valence-electron chi connectivity index (χ2n) is 16.3. The zero-order chi connectivity index (χ0) is 38.5. The van der Waals surface area contributed by atoms with E-state index in [1.807, 2.05) is 121 Å². The van der Waals surface area contributed by atoms with Crippen LogP contribution in [0.25, 0.3) is 33.0 Å². The predicted octanol–water partition coefficient (Wildman–Crippen LogP) is 10.7. The van der Waals surface area contributed by atoms with Crippen molar-refractivity contribution >= 4 is 56.9 Å². The Morgan fingerprint density at radius 2 is 0.589 bits per heavy atom. The molecule has 0 aliphatic heterocycles. The summed E-state index contributed by atoms with van der Waals surface area (Å²) < 4.78 is 31.0. The molecule has 8 aromatic rings. The molecular weight excluding hydrogens is 719 g/mol. The van der Waals surface area contributed by atoms with Crippen molar-refractivity contribution in [3.05, 3.63) is 204 Å². The van der Waals surface area contributed by atoms with Crippen LogP contribution in [0.15, 0.2) is 182 Å². The van der Waals surface area contributed by atoms with E-state index in [1.54, 1.807) is 0 Å². The predicted molar refractivity (Wildman–Crippen MR) is 238 cm³/mol. The molecule has 2 nitrogen and oxygen atoms in total. The molecule has 0 bridgehead atoms. The first kappa shape index (κ1) is 34.9. The summed E-state index contributed by atoms with van der Waals surface area (Å²) in [5.41, 5.74) is 9.02. The maximum Gasteiger partial charge on any atom is 0.171 e. The van der Waals surface area contributed by atoms with Gasteiger partial charge in [-0.2, -0.15) is 0 Å². The minimum atomic E-state index is -3.16. The monoisotopic (exact) mass is 760 g/mol. The van der Waals surface area contributed by atoms with E-state index in [9.17, 15) is 0 Å². The van der Waals surface area contributed by atoms with E-state index in [2.05, 4.69) is 88.4 Å². The molecule has 0 spiro atoms. The molecule has 0 saturated carbocycles. The SMILES string of the molecule is CC1(C)c2cc(P(=O)(c3ccccc3)c3ccccc3)ccc2-c2ccc3c4c(ccc1c24)C(C)(C)c1cc(P(=O)(c2ccccc2)c2ccccc2)ccc1-3. The van der Waals surface area contributed by atoms with Crippen molar-refractivity contribution in [2.45, 2.75) is 38.5 Å². The highest BCUT2D eigenvalue weighted by Crippen LogP contribution is 2.57. The van der Waals surface area contributed by atoms with Gasteiger partial charge in [-0.1, -0.05) is 198 Å². The third-order valence-corrected chi connectivity index (χ3v) is 18.8. The standard InChI is InChI=1S/C52H42O2P2/c1-51(2)45-31-32-46-50-44(42-28-26-40(34-48(42)52(46,3)4)56(54,37-21-13-7-14-22-37)38-23-15-8-16-24-38)30-29-43(49(45)50)41-27-25-39(33-47(41)51)55(53,35-17-9-5-10-18-35)36-19-11-6-12-20-36/h5-34H,1-4H3. The van der Waals surface area contributed by atoms with Crippen LogP contribution in [0.2, 0.25) is 0 Å². The van der Waals surface area contributed by atoms with Gasteiger partial charge in [0.1, 0.15) is 0 Å². The maximum atomic E-state index is 15.5. The quantitative estimate of drug-likeness (QED) is 0.158. The van der Waals surface area contributed by atoms with Crippen molar-refractivity contribution in [3.63, 3.8) is 0 Å². The summed E-state index contributed by atoms with van der Waals surface area (Å²) in [6, 6.07) is 62.2. The van der Waals surface area contributed by atoms with Crippen LogP contribution in [-0.2, 0) is 20.0 Å². The van der Waals surface area contributed by atoms with Gasteiger partial charge in [-0.15, -0.1) is 0 Å². The first-order valence-corrected chi connectivity index (χ1v) is 22.8. The van der Waals surface area contributed by atoms with Gasteiger partial charge in [0.2, 0.25) is 0 Å². The summed E-state index contributed by atoms with van der Waals surface area (Å²) in [5.74, 6) is 0. The van der Waals surface area contributed by atoms with Crippen LogP contribution in [0, 0.1) is 0 Å². The number of benzene rings is 8. The molecule has 8 aromatic carbocycles. The first-order valence-electron chi connectivity index (χ1n) is 19.4. The Hall–Kier alpha value is -5.52. The van der Waals surface area contributed by atoms with Crippen LogP contribution in [0.1, 0.15) is 49.9 Å². The molecule has 0 N–H and O–H groups in total. The fraction of sp³-hybridized carbons (Fsp3) is 0.115. The Morgan fingerprint density at radius 1 is 0.304 bits per heavy atom. The van der Waals surface area contributed by atoms with Crippen LogP contribution < -0.4 is 31.8 Å². The van der Waals surface area contributed by atoms with E-state index >= 15 is 9.13 Å². The topological polar surface area (TPSA) is 34.1 Å². The molecule has 0 aromatic heterocycles. The summed E-state index contributed by atoms with van der Waals surface area (Å²) in [5, 5.41) is 7.65. The normalized spacial score (nSPS) is 14.9. The lowest BCUT2D eigenvalue weighted by Gasteiger charge is -2.41. The molecule has 0 fully saturated rings. The van der Waals surface area contributed by atoms with Crippen LogP contribution in [0.4, 0.5) is 0 Å². The molecule has 4 heteroatoms. The Balaban J connectivity index is 1.17. The van der Waals surface area contributed by atoms with Gasteiger partial charge in [-0.05, 0) is 67.4 Å². The highest BCUT2D eigenvalue weighted by Gasteiger charge is 2.42. The molecule has 0 saturated heterocycles. The van der Waals surface area contributed by atoms with E-state index in [0.29, 0.717) is 0 Å². The summed E-state index contributed by atoms with van der Waals surface area (Å²) in [6.07, 6.45) is 0. The summed E-state index contributed by atoms with van der Waals surface area (Å²) in [4.78, 5) is 0. The zero-order valence-electron chi connectivity index (χ0n) is 32.0. The molecule has 0 amide bonds. The Labute approximate surface area is 329 Å². The molecule has 2 aliphatic carbocycles. The van der Waals surface area contributed by atoms with E-state index in [0.717, 1.165) is 31.8 Å². The van der Waals surface area contributed by atoms with E-state index < -0.39 is 14.3 Å². The number of hydrogen-bond acceptors (Lipinski definition) is 2. The van der Waals surface area contributed by atoms with Gasteiger partial charge in [0.25, 0.3) is 0 Å². The largest absolute Gasteiger partial charge is 0.309 e. The van der Waals surface area contributed by atoms with Crippen molar-refractivity contribution in [3.8, 4) is 22.3 Å². The van der Waals surface area contributed by atoms with Gasteiger partial charge in [0.05, 0.1) is 0 Å². The van der Waals surface area contributed by atoms with Crippen molar-refractivity contribution in [2.24, 2.45) is 0 Å². The third-order valence-electron chi connectivity index (χ3n) is 12.6. The number of hydrogen-bond donors (Lipinski definition) is 0.